The van der Waals surface area contributed by atoms with Gasteiger partial charge in [-0.05, 0) is 37.8 Å². The second-order valence-corrected chi connectivity index (χ2v) is 7.42. The Labute approximate surface area is 161 Å². The van der Waals surface area contributed by atoms with Crippen LogP contribution >= 0.6 is 11.6 Å². The minimum absolute atomic E-state index is 0.342. The summed E-state index contributed by atoms with van der Waals surface area (Å²) in [6.45, 7) is 3.52. The Hall–Kier alpha value is -1.53. The summed E-state index contributed by atoms with van der Waals surface area (Å²) in [5, 5.41) is 7.60. The number of pyridine rings is 1. The lowest BCUT2D eigenvalue weighted by Gasteiger charge is -2.20. The highest BCUT2D eigenvalue weighted by molar-refractivity contribution is 6.32. The maximum absolute atomic E-state index is 6.26. The van der Waals surface area contributed by atoms with Crippen molar-refractivity contribution >= 4 is 23.4 Å². The number of ether oxygens (including phenoxy) is 1. The van der Waals surface area contributed by atoms with Crippen LogP contribution in [0.15, 0.2) is 23.3 Å². The van der Waals surface area contributed by atoms with E-state index in [1.165, 1.54) is 25.7 Å². The second kappa shape index (κ2) is 9.97. The van der Waals surface area contributed by atoms with Crippen LogP contribution < -0.4 is 15.5 Å². The van der Waals surface area contributed by atoms with Gasteiger partial charge in [0.25, 0.3) is 0 Å². The van der Waals surface area contributed by atoms with E-state index in [0.717, 1.165) is 50.9 Å². The van der Waals surface area contributed by atoms with Crippen LogP contribution in [0.4, 0.5) is 5.82 Å². The van der Waals surface area contributed by atoms with Gasteiger partial charge in [-0.2, -0.15) is 0 Å². The van der Waals surface area contributed by atoms with Gasteiger partial charge < -0.3 is 20.3 Å². The summed E-state index contributed by atoms with van der Waals surface area (Å²) < 4.78 is 5.90. The summed E-state index contributed by atoms with van der Waals surface area (Å²) >= 11 is 6.26. The number of rotatable bonds is 7. The van der Waals surface area contributed by atoms with Crippen LogP contribution in [0.3, 0.4) is 0 Å². The molecule has 144 valence electrons. The van der Waals surface area contributed by atoms with E-state index >= 15 is 0 Å². The molecule has 1 saturated heterocycles. The molecule has 0 bridgehead atoms. The van der Waals surface area contributed by atoms with Crippen molar-refractivity contribution in [2.24, 2.45) is 4.99 Å². The molecule has 2 N–H and O–H groups in total. The highest BCUT2D eigenvalue weighted by Gasteiger charge is 2.25. The molecule has 3 rings (SSSR count). The standard InChI is InChI=1S/C19H30ClN5O/c1-21-19(23-11-5-13-26-16-6-2-3-7-16)24-15-9-12-25(14-15)18-17(20)8-4-10-22-18/h4,8,10,15-16H,2-3,5-7,9,11-14H2,1H3,(H2,21,23,24). The molecule has 7 heteroatoms. The van der Waals surface area contributed by atoms with Crippen LogP contribution in [0.5, 0.6) is 0 Å². The number of aliphatic imine (C=N–C) groups is 1. The van der Waals surface area contributed by atoms with Crippen molar-refractivity contribution in [3.05, 3.63) is 23.4 Å². The molecule has 1 aromatic rings. The third-order valence-electron chi connectivity index (χ3n) is 5.06. The summed E-state index contributed by atoms with van der Waals surface area (Å²) in [6.07, 6.45) is 9.43. The Morgan fingerprint density at radius 2 is 2.23 bits per heavy atom. The molecule has 0 radical (unpaired) electrons. The lowest BCUT2D eigenvalue weighted by molar-refractivity contribution is 0.0574. The quantitative estimate of drug-likeness (QED) is 0.433. The average Bonchev–Trinajstić information content (AvgIpc) is 3.33. The van der Waals surface area contributed by atoms with Crippen LogP contribution in [0.1, 0.15) is 38.5 Å². The number of halogens is 1. The molecular formula is C19H30ClN5O. The second-order valence-electron chi connectivity index (χ2n) is 7.01. The van der Waals surface area contributed by atoms with Gasteiger partial charge in [0.15, 0.2) is 5.96 Å². The number of hydrogen-bond acceptors (Lipinski definition) is 4. The Morgan fingerprint density at radius 1 is 1.38 bits per heavy atom. The maximum atomic E-state index is 6.26. The molecule has 1 aromatic heterocycles. The smallest absolute Gasteiger partial charge is 0.191 e. The summed E-state index contributed by atoms with van der Waals surface area (Å²) in [5.74, 6) is 1.72. The maximum Gasteiger partial charge on any atom is 0.191 e. The van der Waals surface area contributed by atoms with Crippen LogP contribution in [0.2, 0.25) is 5.02 Å². The van der Waals surface area contributed by atoms with Gasteiger partial charge in [-0.3, -0.25) is 4.99 Å². The van der Waals surface area contributed by atoms with Crippen molar-refractivity contribution in [3.63, 3.8) is 0 Å². The van der Waals surface area contributed by atoms with Gasteiger partial charge in [0.1, 0.15) is 5.82 Å². The molecular weight excluding hydrogens is 350 g/mol. The van der Waals surface area contributed by atoms with Crippen molar-refractivity contribution in [1.82, 2.24) is 15.6 Å². The average molecular weight is 380 g/mol. The molecule has 6 nitrogen and oxygen atoms in total. The van der Waals surface area contributed by atoms with E-state index in [9.17, 15) is 0 Å². The number of aromatic nitrogens is 1. The predicted octanol–water partition coefficient (Wildman–Crippen LogP) is 2.83. The largest absolute Gasteiger partial charge is 0.378 e. The summed E-state index contributed by atoms with van der Waals surface area (Å²) in [5.41, 5.74) is 0. The van der Waals surface area contributed by atoms with Gasteiger partial charge in [-0.25, -0.2) is 4.98 Å². The molecule has 2 heterocycles. The lowest BCUT2D eigenvalue weighted by Crippen LogP contribution is -2.45. The Kier molecular flexibility index (Phi) is 7.38. The molecule has 1 aliphatic heterocycles. The zero-order valence-electron chi connectivity index (χ0n) is 15.6. The first-order chi connectivity index (χ1) is 12.8. The van der Waals surface area contributed by atoms with Crippen molar-refractivity contribution in [1.29, 1.82) is 0 Å². The molecule has 1 aliphatic carbocycles. The molecule has 1 unspecified atom stereocenters. The third kappa shape index (κ3) is 5.48. The highest BCUT2D eigenvalue weighted by Crippen LogP contribution is 2.25. The van der Waals surface area contributed by atoms with Crippen LogP contribution in [0.25, 0.3) is 0 Å². The van der Waals surface area contributed by atoms with Crippen molar-refractivity contribution < 1.29 is 4.74 Å². The van der Waals surface area contributed by atoms with E-state index in [1.54, 1.807) is 6.20 Å². The van der Waals surface area contributed by atoms with Gasteiger partial charge >= 0.3 is 0 Å². The van der Waals surface area contributed by atoms with E-state index in [4.69, 9.17) is 16.3 Å². The number of nitrogens with zero attached hydrogens (tertiary/aromatic N) is 3. The molecule has 26 heavy (non-hydrogen) atoms. The lowest BCUT2D eigenvalue weighted by atomic mass is 10.3. The third-order valence-corrected chi connectivity index (χ3v) is 5.36. The van der Waals surface area contributed by atoms with Gasteiger partial charge in [-0.15, -0.1) is 0 Å². The van der Waals surface area contributed by atoms with Crippen LogP contribution in [0, 0.1) is 0 Å². The van der Waals surface area contributed by atoms with Crippen LogP contribution in [-0.4, -0.2) is 56.4 Å². The minimum Gasteiger partial charge on any atom is -0.378 e. The highest BCUT2D eigenvalue weighted by atomic mass is 35.5. The van der Waals surface area contributed by atoms with E-state index in [2.05, 4.69) is 25.5 Å². The molecule has 0 spiro atoms. The Morgan fingerprint density at radius 3 is 3.00 bits per heavy atom. The molecule has 0 amide bonds. The fourth-order valence-electron chi connectivity index (χ4n) is 3.65. The first-order valence-electron chi connectivity index (χ1n) is 9.70. The minimum atomic E-state index is 0.342. The molecule has 2 aliphatic rings. The van der Waals surface area contributed by atoms with Crippen molar-refractivity contribution in [3.8, 4) is 0 Å². The molecule has 1 saturated carbocycles. The van der Waals surface area contributed by atoms with E-state index in [1.807, 2.05) is 19.2 Å². The topological polar surface area (TPSA) is 61.8 Å². The van der Waals surface area contributed by atoms with E-state index in [-0.39, 0.29) is 0 Å². The predicted molar refractivity (Wildman–Crippen MR) is 107 cm³/mol. The van der Waals surface area contributed by atoms with E-state index < -0.39 is 0 Å². The zero-order chi connectivity index (χ0) is 18.2. The summed E-state index contributed by atoms with van der Waals surface area (Å²) in [4.78, 5) is 11.0. The van der Waals surface area contributed by atoms with Crippen molar-refractivity contribution in [2.75, 3.05) is 38.2 Å². The van der Waals surface area contributed by atoms with Gasteiger partial charge in [0, 0.05) is 45.5 Å². The first-order valence-corrected chi connectivity index (χ1v) is 10.1. The first kappa shape index (κ1) is 19.2. The van der Waals surface area contributed by atoms with Gasteiger partial charge in [-0.1, -0.05) is 24.4 Å². The summed E-state index contributed by atoms with van der Waals surface area (Å²) in [7, 11) is 1.81. The van der Waals surface area contributed by atoms with Crippen molar-refractivity contribution in [2.45, 2.75) is 50.7 Å². The number of guanidine groups is 1. The van der Waals surface area contributed by atoms with Crippen LogP contribution in [-0.2, 0) is 4.74 Å². The fraction of sp³-hybridized carbons (Fsp3) is 0.684. The molecule has 1 atom stereocenters. The zero-order valence-corrected chi connectivity index (χ0v) is 16.3. The number of hydrogen-bond donors (Lipinski definition) is 2. The Balaban J connectivity index is 1.35. The Bertz CT molecular complexity index is 591. The SMILES string of the molecule is CN=C(NCCCOC1CCCC1)NC1CCN(c2ncccc2Cl)C1. The molecule has 2 fully saturated rings. The number of anilines is 1. The van der Waals surface area contributed by atoms with E-state index in [0.29, 0.717) is 17.2 Å². The number of nitrogens with one attached hydrogen (secondary N) is 2. The normalized spacial score (nSPS) is 21.4. The van der Waals surface area contributed by atoms with Gasteiger partial charge in [0.2, 0.25) is 0 Å². The molecule has 0 aromatic carbocycles. The fourth-order valence-corrected chi connectivity index (χ4v) is 3.89. The summed E-state index contributed by atoms with van der Waals surface area (Å²) in [6, 6.07) is 4.09. The monoisotopic (exact) mass is 379 g/mol. The van der Waals surface area contributed by atoms with Gasteiger partial charge in [0.05, 0.1) is 11.1 Å².